The Morgan fingerprint density at radius 2 is 1.77 bits per heavy atom. The predicted octanol–water partition coefficient (Wildman–Crippen LogP) is 4.37. The summed E-state index contributed by atoms with van der Waals surface area (Å²) in [6.45, 7) is 4.10. The summed E-state index contributed by atoms with van der Waals surface area (Å²) in [6.07, 6.45) is 1.68. The predicted molar refractivity (Wildman–Crippen MR) is 102 cm³/mol. The molecule has 0 bridgehead atoms. The van der Waals surface area contributed by atoms with Gasteiger partial charge in [0.15, 0.2) is 0 Å². The van der Waals surface area contributed by atoms with Gasteiger partial charge in [-0.1, -0.05) is 17.7 Å². The number of carbonyl (C=O) groups excluding carboxylic acids is 1. The Morgan fingerprint density at radius 1 is 1.00 bits per heavy atom. The van der Waals surface area contributed by atoms with Crippen LogP contribution in [-0.2, 0) is 4.74 Å². The third-order valence-corrected chi connectivity index (χ3v) is 3.86. The fourth-order valence-corrected chi connectivity index (χ4v) is 2.52. The molecule has 0 saturated heterocycles. The van der Waals surface area contributed by atoms with Crippen LogP contribution in [0.2, 0.25) is 0 Å². The lowest BCUT2D eigenvalue weighted by Crippen LogP contribution is -2.03. The fourth-order valence-electron chi connectivity index (χ4n) is 2.52. The number of nitrogens with zero attached hydrogens (tertiary/aromatic N) is 2. The summed E-state index contributed by atoms with van der Waals surface area (Å²) in [4.78, 5) is 20.2. The average Bonchev–Trinajstić information content (AvgIpc) is 2.64. The molecule has 26 heavy (non-hydrogen) atoms. The lowest BCUT2D eigenvalue weighted by molar-refractivity contribution is 0.0601. The highest BCUT2D eigenvalue weighted by Crippen LogP contribution is 2.21. The van der Waals surface area contributed by atoms with E-state index in [1.807, 2.05) is 19.1 Å². The quantitative estimate of drug-likeness (QED) is 0.667. The minimum absolute atomic E-state index is 0.362. The van der Waals surface area contributed by atoms with Gasteiger partial charge in [0.2, 0.25) is 5.95 Å². The van der Waals surface area contributed by atoms with Gasteiger partial charge in [-0.25, -0.2) is 9.78 Å². The maximum Gasteiger partial charge on any atom is 0.337 e. The summed E-state index contributed by atoms with van der Waals surface area (Å²) in [5.41, 5.74) is 4.62. The van der Waals surface area contributed by atoms with Crippen LogP contribution in [0.5, 0.6) is 0 Å². The van der Waals surface area contributed by atoms with Gasteiger partial charge in [-0.3, -0.25) is 0 Å². The zero-order valence-electron chi connectivity index (χ0n) is 14.9. The van der Waals surface area contributed by atoms with Crippen LogP contribution in [0.3, 0.4) is 0 Å². The number of hydrogen-bond donors (Lipinski definition) is 2. The monoisotopic (exact) mass is 348 g/mol. The maximum absolute atomic E-state index is 11.5. The van der Waals surface area contributed by atoms with Gasteiger partial charge in [-0.05, 0) is 55.8 Å². The van der Waals surface area contributed by atoms with E-state index < -0.39 is 0 Å². The molecule has 0 aliphatic carbocycles. The number of aromatic nitrogens is 2. The van der Waals surface area contributed by atoms with E-state index in [1.54, 1.807) is 36.5 Å². The van der Waals surface area contributed by atoms with Gasteiger partial charge in [-0.15, -0.1) is 0 Å². The second-order valence-corrected chi connectivity index (χ2v) is 5.90. The van der Waals surface area contributed by atoms with Crippen LogP contribution in [0.1, 0.15) is 21.5 Å². The molecule has 6 heteroatoms. The molecule has 3 aromatic rings. The molecule has 0 amide bonds. The molecule has 2 N–H and O–H groups in total. The summed E-state index contributed by atoms with van der Waals surface area (Å²) < 4.78 is 4.70. The molecular weight excluding hydrogens is 328 g/mol. The van der Waals surface area contributed by atoms with Crippen LogP contribution in [0.15, 0.2) is 54.7 Å². The Kier molecular flexibility index (Phi) is 5.12. The molecule has 0 unspecified atom stereocenters. The van der Waals surface area contributed by atoms with Crippen LogP contribution >= 0.6 is 0 Å². The Balaban J connectivity index is 1.74. The molecule has 0 saturated carbocycles. The van der Waals surface area contributed by atoms with E-state index in [1.165, 1.54) is 12.7 Å². The van der Waals surface area contributed by atoms with Gasteiger partial charge in [0.25, 0.3) is 0 Å². The van der Waals surface area contributed by atoms with Crippen molar-refractivity contribution in [1.29, 1.82) is 0 Å². The van der Waals surface area contributed by atoms with Crippen LogP contribution in [-0.4, -0.2) is 23.0 Å². The van der Waals surface area contributed by atoms with Crippen LogP contribution in [0.25, 0.3) is 0 Å². The number of aryl methyl sites for hydroxylation is 2. The Hall–Kier alpha value is -3.41. The first-order chi connectivity index (χ1) is 12.5. The molecule has 1 aromatic heterocycles. The van der Waals surface area contributed by atoms with Crippen LogP contribution < -0.4 is 10.6 Å². The largest absolute Gasteiger partial charge is 0.465 e. The van der Waals surface area contributed by atoms with Crippen molar-refractivity contribution in [3.63, 3.8) is 0 Å². The molecule has 132 valence electrons. The Morgan fingerprint density at radius 3 is 2.46 bits per heavy atom. The number of anilines is 4. The number of nitrogens with one attached hydrogen (secondary N) is 2. The van der Waals surface area contributed by atoms with Crippen molar-refractivity contribution < 1.29 is 9.53 Å². The standard InChI is InChI=1S/C20H20N4O2/c1-13-4-9-17(14(2)12-13)23-20-21-11-10-18(24-20)22-16-7-5-15(6-8-16)19(25)26-3/h4-12H,1-3H3,(H2,21,22,23,24). The third-order valence-electron chi connectivity index (χ3n) is 3.86. The number of benzene rings is 2. The van der Waals surface area contributed by atoms with Gasteiger partial charge in [0.1, 0.15) is 5.82 Å². The van der Waals surface area contributed by atoms with Crippen molar-refractivity contribution >= 4 is 29.1 Å². The molecule has 1 heterocycles. The minimum Gasteiger partial charge on any atom is -0.465 e. The molecule has 0 fully saturated rings. The van der Waals surface area contributed by atoms with Crippen molar-refractivity contribution in [2.45, 2.75) is 13.8 Å². The summed E-state index contributed by atoms with van der Waals surface area (Å²) in [5.74, 6) is 0.796. The van der Waals surface area contributed by atoms with Crippen molar-refractivity contribution in [3.8, 4) is 0 Å². The third kappa shape index (κ3) is 4.16. The summed E-state index contributed by atoms with van der Waals surface area (Å²) in [5, 5.41) is 6.43. The number of esters is 1. The van der Waals surface area contributed by atoms with Gasteiger partial charge in [0.05, 0.1) is 12.7 Å². The SMILES string of the molecule is COC(=O)c1ccc(Nc2ccnc(Nc3ccc(C)cc3C)n2)cc1. The Bertz CT molecular complexity index is 923. The minimum atomic E-state index is -0.362. The maximum atomic E-state index is 11.5. The number of rotatable bonds is 5. The zero-order chi connectivity index (χ0) is 18.5. The van der Waals surface area contributed by atoms with E-state index in [9.17, 15) is 4.79 Å². The number of methoxy groups -OCH3 is 1. The van der Waals surface area contributed by atoms with Gasteiger partial charge in [0, 0.05) is 17.6 Å². The highest BCUT2D eigenvalue weighted by atomic mass is 16.5. The molecule has 0 aliphatic rings. The lowest BCUT2D eigenvalue weighted by Gasteiger charge is -2.11. The van der Waals surface area contributed by atoms with Crippen molar-refractivity contribution in [2.75, 3.05) is 17.7 Å². The number of hydrogen-bond acceptors (Lipinski definition) is 6. The number of ether oxygens (including phenoxy) is 1. The van der Waals surface area contributed by atoms with Gasteiger partial charge in [-0.2, -0.15) is 4.98 Å². The summed E-state index contributed by atoms with van der Waals surface area (Å²) in [6, 6.07) is 14.9. The molecule has 0 radical (unpaired) electrons. The fraction of sp³-hybridized carbons (Fsp3) is 0.150. The van der Waals surface area contributed by atoms with E-state index in [0.717, 1.165) is 16.9 Å². The topological polar surface area (TPSA) is 76.1 Å². The van der Waals surface area contributed by atoms with Crippen molar-refractivity contribution in [2.24, 2.45) is 0 Å². The van der Waals surface area contributed by atoms with E-state index >= 15 is 0 Å². The van der Waals surface area contributed by atoms with E-state index in [4.69, 9.17) is 4.74 Å². The summed E-state index contributed by atoms with van der Waals surface area (Å²) >= 11 is 0. The molecular formula is C20H20N4O2. The highest BCUT2D eigenvalue weighted by molar-refractivity contribution is 5.89. The second-order valence-electron chi connectivity index (χ2n) is 5.90. The van der Waals surface area contributed by atoms with Crippen molar-refractivity contribution in [1.82, 2.24) is 9.97 Å². The van der Waals surface area contributed by atoms with Crippen molar-refractivity contribution in [3.05, 3.63) is 71.4 Å². The van der Waals surface area contributed by atoms with Gasteiger partial charge < -0.3 is 15.4 Å². The number of carbonyl (C=O) groups is 1. The molecule has 3 rings (SSSR count). The van der Waals surface area contributed by atoms with Crippen LogP contribution in [0.4, 0.5) is 23.1 Å². The van der Waals surface area contributed by atoms with E-state index in [0.29, 0.717) is 17.3 Å². The normalized spacial score (nSPS) is 10.3. The van der Waals surface area contributed by atoms with E-state index in [2.05, 4.69) is 33.6 Å². The zero-order valence-corrected chi connectivity index (χ0v) is 14.9. The first kappa shape index (κ1) is 17.4. The molecule has 0 aliphatic heterocycles. The van der Waals surface area contributed by atoms with Gasteiger partial charge >= 0.3 is 5.97 Å². The summed E-state index contributed by atoms with van der Waals surface area (Å²) in [7, 11) is 1.36. The van der Waals surface area contributed by atoms with E-state index in [-0.39, 0.29) is 5.97 Å². The molecule has 0 atom stereocenters. The second kappa shape index (κ2) is 7.65. The first-order valence-corrected chi connectivity index (χ1v) is 8.18. The first-order valence-electron chi connectivity index (χ1n) is 8.18. The molecule has 2 aromatic carbocycles. The lowest BCUT2D eigenvalue weighted by atomic mass is 10.1. The average molecular weight is 348 g/mol. The Labute approximate surface area is 152 Å². The van der Waals surface area contributed by atoms with Crippen LogP contribution in [0, 0.1) is 13.8 Å². The molecule has 6 nitrogen and oxygen atoms in total. The smallest absolute Gasteiger partial charge is 0.337 e. The molecule has 0 spiro atoms. The highest BCUT2D eigenvalue weighted by Gasteiger charge is 2.06.